The molecule has 6 nitrogen and oxygen atoms in total. The summed E-state index contributed by atoms with van der Waals surface area (Å²) < 4.78 is 7.23. The van der Waals surface area contributed by atoms with Crippen LogP contribution in [0.4, 0.5) is 0 Å². The zero-order chi connectivity index (χ0) is 14.7. The molecule has 112 valence electrons. The van der Waals surface area contributed by atoms with Crippen LogP contribution < -0.4 is 5.84 Å². The summed E-state index contributed by atoms with van der Waals surface area (Å²) in [5.74, 6) is 7.49. The molecule has 1 saturated heterocycles. The molecule has 0 saturated carbocycles. The average Bonchev–Trinajstić information content (AvgIpc) is 2.89. The molecule has 3 heterocycles. The Labute approximate surface area is 132 Å². The number of nitrogens with zero attached hydrogens (tertiary/aromatic N) is 4. The van der Waals surface area contributed by atoms with Crippen molar-refractivity contribution in [1.29, 1.82) is 0 Å². The van der Waals surface area contributed by atoms with Gasteiger partial charge in [-0.1, -0.05) is 29.4 Å². The summed E-state index contributed by atoms with van der Waals surface area (Å²) in [5.41, 5.74) is 1.06. The number of aromatic nitrogens is 4. The maximum atomic E-state index is 6.08. The first-order chi connectivity index (χ1) is 10.2. The van der Waals surface area contributed by atoms with Crippen LogP contribution in [0.5, 0.6) is 0 Å². The molecule has 1 atom stereocenters. The number of thioether (sulfide) groups is 1. The molecule has 1 aliphatic heterocycles. The molecule has 1 aliphatic rings. The smallest absolute Gasteiger partial charge is 0.210 e. The first kappa shape index (κ1) is 14.6. The van der Waals surface area contributed by atoms with E-state index in [4.69, 9.17) is 22.2 Å². The van der Waals surface area contributed by atoms with Gasteiger partial charge in [0.2, 0.25) is 5.16 Å². The number of nitrogen functional groups attached to an aromatic ring is 1. The molecule has 8 heteroatoms. The van der Waals surface area contributed by atoms with Gasteiger partial charge in [0.25, 0.3) is 0 Å². The highest BCUT2D eigenvalue weighted by molar-refractivity contribution is 7.98. The Kier molecular flexibility index (Phi) is 4.62. The van der Waals surface area contributed by atoms with Crippen molar-refractivity contribution < 1.29 is 4.74 Å². The second-order valence-electron chi connectivity index (χ2n) is 4.84. The van der Waals surface area contributed by atoms with Gasteiger partial charge in [-0.15, -0.1) is 10.2 Å². The molecule has 2 aromatic heterocycles. The van der Waals surface area contributed by atoms with E-state index in [-0.39, 0.29) is 6.10 Å². The number of pyridine rings is 1. The van der Waals surface area contributed by atoms with Crippen molar-refractivity contribution in [2.45, 2.75) is 36.3 Å². The SMILES string of the molecule is Nn1c(SCc2ccc(Cl)nc2)nnc1C1CCCCO1. The average molecular weight is 326 g/mol. The largest absolute Gasteiger partial charge is 0.370 e. The van der Waals surface area contributed by atoms with Gasteiger partial charge in [0.05, 0.1) is 0 Å². The van der Waals surface area contributed by atoms with Gasteiger partial charge in [-0.05, 0) is 30.9 Å². The van der Waals surface area contributed by atoms with E-state index in [0.29, 0.717) is 21.9 Å². The molecule has 2 aromatic rings. The van der Waals surface area contributed by atoms with Gasteiger partial charge >= 0.3 is 0 Å². The number of ether oxygens (including phenoxy) is 1. The highest BCUT2D eigenvalue weighted by atomic mass is 35.5. The van der Waals surface area contributed by atoms with Crippen molar-refractivity contribution in [2.24, 2.45) is 0 Å². The van der Waals surface area contributed by atoms with Crippen molar-refractivity contribution in [1.82, 2.24) is 19.9 Å². The summed E-state index contributed by atoms with van der Waals surface area (Å²) in [6, 6.07) is 3.70. The third-order valence-electron chi connectivity index (χ3n) is 3.32. The minimum atomic E-state index is -0.0391. The maximum Gasteiger partial charge on any atom is 0.210 e. The van der Waals surface area contributed by atoms with Gasteiger partial charge in [-0.2, -0.15) is 0 Å². The van der Waals surface area contributed by atoms with Gasteiger partial charge in [0.15, 0.2) is 5.82 Å². The summed E-state index contributed by atoms with van der Waals surface area (Å²) in [6.07, 6.45) is 4.89. The van der Waals surface area contributed by atoms with E-state index in [1.54, 1.807) is 12.3 Å². The topological polar surface area (TPSA) is 78.9 Å². The molecule has 3 rings (SSSR count). The highest BCUT2D eigenvalue weighted by Crippen LogP contribution is 2.28. The third kappa shape index (κ3) is 3.48. The molecule has 0 aromatic carbocycles. The predicted molar refractivity (Wildman–Crippen MR) is 81.5 cm³/mol. The Hall–Kier alpha value is -1.31. The quantitative estimate of drug-likeness (QED) is 0.529. The van der Waals surface area contributed by atoms with Crippen molar-refractivity contribution in [2.75, 3.05) is 12.4 Å². The molecule has 0 spiro atoms. The first-order valence-corrected chi connectivity index (χ1v) is 8.15. The summed E-state index contributed by atoms with van der Waals surface area (Å²) >= 11 is 7.28. The molecule has 21 heavy (non-hydrogen) atoms. The Morgan fingerprint density at radius 2 is 2.29 bits per heavy atom. The van der Waals surface area contributed by atoms with Gasteiger partial charge in [0, 0.05) is 18.6 Å². The third-order valence-corrected chi connectivity index (χ3v) is 4.55. The number of hydrogen-bond acceptors (Lipinski definition) is 6. The number of nitrogens with two attached hydrogens (primary N) is 1. The van der Waals surface area contributed by atoms with Crippen LogP contribution >= 0.6 is 23.4 Å². The molecule has 0 aliphatic carbocycles. The summed E-state index contributed by atoms with van der Waals surface area (Å²) in [4.78, 5) is 4.05. The Morgan fingerprint density at radius 1 is 1.38 bits per heavy atom. The van der Waals surface area contributed by atoms with E-state index < -0.39 is 0 Å². The lowest BCUT2D eigenvalue weighted by molar-refractivity contribution is 0.00780. The zero-order valence-electron chi connectivity index (χ0n) is 11.4. The van der Waals surface area contributed by atoms with Gasteiger partial charge < -0.3 is 10.6 Å². The van der Waals surface area contributed by atoms with E-state index in [1.807, 2.05) is 6.07 Å². The van der Waals surface area contributed by atoms with E-state index >= 15 is 0 Å². The highest BCUT2D eigenvalue weighted by Gasteiger charge is 2.23. The fraction of sp³-hybridized carbons (Fsp3) is 0.462. The summed E-state index contributed by atoms with van der Waals surface area (Å²) in [7, 11) is 0. The van der Waals surface area contributed by atoms with E-state index in [1.165, 1.54) is 16.4 Å². The standard InChI is InChI=1S/C13H16ClN5OS/c14-11-5-4-9(7-16-11)8-21-13-18-17-12(19(13)15)10-3-1-2-6-20-10/h4-5,7,10H,1-3,6,8,15H2. The van der Waals surface area contributed by atoms with Crippen LogP contribution in [0.3, 0.4) is 0 Å². The fourth-order valence-electron chi connectivity index (χ4n) is 2.19. The second kappa shape index (κ2) is 6.64. The van der Waals surface area contributed by atoms with Crippen LogP contribution in [0.1, 0.15) is 36.8 Å². The minimum absolute atomic E-state index is 0.0391. The second-order valence-corrected chi connectivity index (χ2v) is 6.17. The number of halogens is 1. The lowest BCUT2D eigenvalue weighted by Gasteiger charge is -2.21. The lowest BCUT2D eigenvalue weighted by Crippen LogP contribution is -2.21. The Morgan fingerprint density at radius 3 is 3.00 bits per heavy atom. The van der Waals surface area contributed by atoms with Crippen LogP contribution in [-0.2, 0) is 10.5 Å². The Bertz CT molecular complexity index is 597. The summed E-state index contributed by atoms with van der Waals surface area (Å²) in [6.45, 7) is 0.760. The molecule has 1 unspecified atom stereocenters. The van der Waals surface area contributed by atoms with Crippen LogP contribution in [0.15, 0.2) is 23.5 Å². The van der Waals surface area contributed by atoms with Crippen LogP contribution in [0.25, 0.3) is 0 Å². The van der Waals surface area contributed by atoms with Gasteiger partial charge in [-0.25, -0.2) is 9.66 Å². The van der Waals surface area contributed by atoms with Gasteiger partial charge in [0.1, 0.15) is 11.3 Å². The molecule has 1 fully saturated rings. The number of hydrogen-bond donors (Lipinski definition) is 1. The van der Waals surface area contributed by atoms with E-state index in [9.17, 15) is 0 Å². The van der Waals surface area contributed by atoms with Crippen molar-refractivity contribution in [3.63, 3.8) is 0 Å². The van der Waals surface area contributed by atoms with Crippen molar-refractivity contribution in [3.8, 4) is 0 Å². The maximum absolute atomic E-state index is 6.08. The molecule has 0 bridgehead atoms. The van der Waals surface area contributed by atoms with E-state index in [0.717, 1.165) is 31.4 Å². The molecule has 0 amide bonds. The van der Waals surface area contributed by atoms with Crippen LogP contribution in [0.2, 0.25) is 5.15 Å². The first-order valence-electron chi connectivity index (χ1n) is 6.79. The minimum Gasteiger partial charge on any atom is -0.370 e. The molecule has 0 radical (unpaired) electrons. The van der Waals surface area contributed by atoms with Crippen molar-refractivity contribution >= 4 is 23.4 Å². The van der Waals surface area contributed by atoms with Crippen molar-refractivity contribution in [3.05, 3.63) is 34.9 Å². The molecular weight excluding hydrogens is 310 g/mol. The molecule has 2 N–H and O–H groups in total. The molecular formula is C13H16ClN5OS. The fourth-order valence-corrected chi connectivity index (χ4v) is 3.10. The predicted octanol–water partition coefficient (Wildman–Crippen LogP) is 2.57. The van der Waals surface area contributed by atoms with Crippen LogP contribution in [0, 0.1) is 0 Å². The van der Waals surface area contributed by atoms with Gasteiger partial charge in [-0.3, -0.25) is 0 Å². The monoisotopic (exact) mass is 325 g/mol. The Balaban J connectivity index is 1.66. The number of rotatable bonds is 4. The van der Waals surface area contributed by atoms with Crippen LogP contribution in [-0.4, -0.2) is 26.5 Å². The van der Waals surface area contributed by atoms with E-state index in [2.05, 4.69) is 15.2 Å². The summed E-state index contributed by atoms with van der Waals surface area (Å²) in [5, 5.41) is 9.48. The normalized spacial score (nSPS) is 18.8. The zero-order valence-corrected chi connectivity index (χ0v) is 13.0. The lowest BCUT2D eigenvalue weighted by atomic mass is 10.1.